The number of alkyl halides is 3. The van der Waals surface area contributed by atoms with Crippen molar-refractivity contribution in [1.82, 2.24) is 20.0 Å². The van der Waals surface area contributed by atoms with Gasteiger partial charge in [0.05, 0.1) is 5.56 Å². The van der Waals surface area contributed by atoms with Crippen molar-refractivity contribution in [2.75, 3.05) is 31.1 Å². The van der Waals surface area contributed by atoms with Gasteiger partial charge >= 0.3 is 6.18 Å². The van der Waals surface area contributed by atoms with Crippen molar-refractivity contribution in [3.05, 3.63) is 59.5 Å². The molecule has 3 heterocycles. The third kappa shape index (κ3) is 4.12. The molecule has 156 valence electrons. The van der Waals surface area contributed by atoms with Gasteiger partial charge in [-0.3, -0.25) is 4.79 Å². The predicted octanol–water partition coefficient (Wildman–Crippen LogP) is 3.42. The molecule has 1 saturated heterocycles. The molecule has 0 unspecified atom stereocenters. The monoisotopic (exact) mass is 417 g/mol. The Morgan fingerprint density at radius 1 is 1.03 bits per heavy atom. The van der Waals surface area contributed by atoms with Crippen LogP contribution in [-0.4, -0.2) is 52.1 Å². The first kappa shape index (κ1) is 19.9. The van der Waals surface area contributed by atoms with E-state index >= 15 is 0 Å². The molecule has 0 atom stereocenters. The number of aromatic nitrogens is 3. The van der Waals surface area contributed by atoms with E-state index in [1.54, 1.807) is 36.1 Å². The highest BCUT2D eigenvalue weighted by molar-refractivity contribution is 5.94. The molecule has 1 aliphatic heterocycles. The average molecular weight is 417 g/mol. The number of benzene rings is 1. The van der Waals surface area contributed by atoms with E-state index in [1.807, 2.05) is 4.90 Å². The number of amides is 1. The SMILES string of the molecule is Cc1noc(-c2ccc(C(=O)N3CCN(c4ccc(C(F)(F)F)cn4)CC3)cc2)n1. The summed E-state index contributed by atoms with van der Waals surface area (Å²) in [4.78, 5) is 24.4. The van der Waals surface area contributed by atoms with Gasteiger partial charge in [-0.2, -0.15) is 18.2 Å². The van der Waals surface area contributed by atoms with Crippen LogP contribution in [0.5, 0.6) is 0 Å². The number of rotatable bonds is 3. The van der Waals surface area contributed by atoms with Crippen molar-refractivity contribution < 1.29 is 22.5 Å². The highest BCUT2D eigenvalue weighted by Crippen LogP contribution is 2.29. The Balaban J connectivity index is 1.37. The van der Waals surface area contributed by atoms with Crippen LogP contribution >= 0.6 is 0 Å². The van der Waals surface area contributed by atoms with Gasteiger partial charge in [0.2, 0.25) is 0 Å². The zero-order valence-electron chi connectivity index (χ0n) is 16.1. The lowest BCUT2D eigenvalue weighted by Crippen LogP contribution is -2.49. The molecule has 2 aromatic heterocycles. The molecule has 0 radical (unpaired) electrons. The number of halogens is 3. The van der Waals surface area contributed by atoms with Gasteiger partial charge in [-0.05, 0) is 43.3 Å². The molecule has 0 N–H and O–H groups in total. The highest BCUT2D eigenvalue weighted by Gasteiger charge is 2.31. The minimum atomic E-state index is -4.41. The summed E-state index contributed by atoms with van der Waals surface area (Å²) in [5.74, 6) is 1.28. The lowest BCUT2D eigenvalue weighted by Gasteiger charge is -2.35. The Labute approximate surface area is 170 Å². The average Bonchev–Trinajstić information content (AvgIpc) is 3.19. The molecule has 4 rings (SSSR count). The van der Waals surface area contributed by atoms with Gasteiger partial charge in [-0.1, -0.05) is 5.16 Å². The number of pyridine rings is 1. The number of hydrogen-bond acceptors (Lipinski definition) is 6. The Morgan fingerprint density at radius 2 is 1.73 bits per heavy atom. The Bertz CT molecular complexity index is 1020. The number of piperazine rings is 1. The van der Waals surface area contributed by atoms with Crippen LogP contribution in [0.4, 0.5) is 19.0 Å². The second-order valence-corrected chi connectivity index (χ2v) is 6.91. The van der Waals surface area contributed by atoms with Gasteiger partial charge in [0.1, 0.15) is 5.82 Å². The third-order valence-electron chi connectivity index (χ3n) is 4.87. The number of aryl methyl sites for hydroxylation is 1. The van der Waals surface area contributed by atoms with E-state index in [-0.39, 0.29) is 5.91 Å². The summed E-state index contributed by atoms with van der Waals surface area (Å²) in [6.07, 6.45) is -3.58. The summed E-state index contributed by atoms with van der Waals surface area (Å²) in [6.45, 7) is 3.61. The molecule has 1 fully saturated rings. The molecule has 0 aliphatic carbocycles. The highest BCUT2D eigenvalue weighted by atomic mass is 19.4. The standard InChI is InChI=1S/C20H18F3N5O2/c1-13-25-18(30-26-13)14-2-4-15(5-3-14)19(29)28-10-8-27(9-11-28)17-7-6-16(12-24-17)20(21,22)23/h2-7,12H,8-11H2,1H3. The summed E-state index contributed by atoms with van der Waals surface area (Å²) in [5, 5.41) is 3.75. The first-order chi connectivity index (χ1) is 14.3. The summed E-state index contributed by atoms with van der Waals surface area (Å²) in [6, 6.07) is 9.30. The van der Waals surface area contributed by atoms with E-state index in [4.69, 9.17) is 4.52 Å². The molecule has 0 bridgehead atoms. The maximum absolute atomic E-state index is 12.8. The first-order valence-electron chi connectivity index (χ1n) is 9.29. The number of anilines is 1. The molecule has 0 saturated carbocycles. The van der Waals surface area contributed by atoms with Gasteiger partial charge in [0, 0.05) is 43.5 Å². The Morgan fingerprint density at radius 3 is 2.27 bits per heavy atom. The van der Waals surface area contributed by atoms with Gasteiger partial charge in [0.25, 0.3) is 11.8 Å². The van der Waals surface area contributed by atoms with E-state index in [2.05, 4.69) is 15.1 Å². The van der Waals surface area contributed by atoms with Crippen LogP contribution in [-0.2, 0) is 6.18 Å². The van der Waals surface area contributed by atoms with Crippen molar-refractivity contribution in [2.24, 2.45) is 0 Å². The summed E-state index contributed by atoms with van der Waals surface area (Å²) < 4.78 is 43.1. The van der Waals surface area contributed by atoms with Crippen molar-refractivity contribution in [1.29, 1.82) is 0 Å². The first-order valence-corrected chi connectivity index (χ1v) is 9.29. The molecular formula is C20H18F3N5O2. The van der Waals surface area contributed by atoms with E-state index in [9.17, 15) is 18.0 Å². The van der Waals surface area contributed by atoms with Gasteiger partial charge in [0.15, 0.2) is 5.82 Å². The molecule has 10 heteroatoms. The zero-order chi connectivity index (χ0) is 21.3. The topological polar surface area (TPSA) is 75.4 Å². The second kappa shape index (κ2) is 7.77. The van der Waals surface area contributed by atoms with Crippen molar-refractivity contribution in [2.45, 2.75) is 13.1 Å². The van der Waals surface area contributed by atoms with Crippen LogP contribution in [0, 0.1) is 6.92 Å². The minimum absolute atomic E-state index is 0.108. The summed E-state index contributed by atoms with van der Waals surface area (Å²) in [7, 11) is 0. The number of nitrogens with zero attached hydrogens (tertiary/aromatic N) is 5. The molecule has 1 aromatic carbocycles. The van der Waals surface area contributed by atoms with E-state index < -0.39 is 11.7 Å². The number of carbonyl (C=O) groups excluding carboxylic acids is 1. The molecule has 7 nitrogen and oxygen atoms in total. The van der Waals surface area contributed by atoms with E-state index in [0.717, 1.165) is 17.8 Å². The lowest BCUT2D eigenvalue weighted by molar-refractivity contribution is -0.137. The summed E-state index contributed by atoms with van der Waals surface area (Å²) in [5.41, 5.74) is 0.487. The third-order valence-corrected chi connectivity index (χ3v) is 4.87. The summed E-state index contributed by atoms with van der Waals surface area (Å²) >= 11 is 0. The second-order valence-electron chi connectivity index (χ2n) is 6.91. The lowest BCUT2D eigenvalue weighted by atomic mass is 10.1. The van der Waals surface area contributed by atoms with Gasteiger partial charge in [-0.25, -0.2) is 4.98 Å². The molecule has 1 amide bonds. The van der Waals surface area contributed by atoms with Crippen molar-refractivity contribution >= 4 is 11.7 Å². The molecular weight excluding hydrogens is 399 g/mol. The minimum Gasteiger partial charge on any atom is -0.353 e. The maximum atomic E-state index is 12.8. The Kier molecular flexibility index (Phi) is 5.15. The number of carbonyl (C=O) groups is 1. The molecule has 1 aliphatic rings. The zero-order valence-corrected chi connectivity index (χ0v) is 16.1. The van der Waals surface area contributed by atoms with Gasteiger partial charge < -0.3 is 14.3 Å². The molecule has 0 spiro atoms. The predicted molar refractivity (Wildman–Crippen MR) is 102 cm³/mol. The van der Waals surface area contributed by atoms with Crippen LogP contribution in [0.2, 0.25) is 0 Å². The van der Waals surface area contributed by atoms with E-state index in [0.29, 0.717) is 49.3 Å². The van der Waals surface area contributed by atoms with Gasteiger partial charge in [-0.15, -0.1) is 0 Å². The fraction of sp³-hybridized carbons (Fsp3) is 0.300. The maximum Gasteiger partial charge on any atom is 0.417 e. The molecule has 3 aromatic rings. The Hall–Kier alpha value is -3.43. The van der Waals surface area contributed by atoms with Crippen molar-refractivity contribution in [3.8, 4) is 11.5 Å². The fourth-order valence-electron chi connectivity index (χ4n) is 3.23. The van der Waals surface area contributed by atoms with Crippen LogP contribution in [0.3, 0.4) is 0 Å². The molecule has 30 heavy (non-hydrogen) atoms. The smallest absolute Gasteiger partial charge is 0.353 e. The van der Waals surface area contributed by atoms with Crippen LogP contribution in [0.15, 0.2) is 47.1 Å². The van der Waals surface area contributed by atoms with Crippen molar-refractivity contribution in [3.63, 3.8) is 0 Å². The fourth-order valence-corrected chi connectivity index (χ4v) is 3.23. The van der Waals surface area contributed by atoms with Crippen LogP contribution in [0.1, 0.15) is 21.7 Å². The van der Waals surface area contributed by atoms with E-state index in [1.165, 1.54) is 6.07 Å². The van der Waals surface area contributed by atoms with Crippen LogP contribution in [0.25, 0.3) is 11.5 Å². The normalized spacial score (nSPS) is 14.8. The largest absolute Gasteiger partial charge is 0.417 e. The quantitative estimate of drug-likeness (QED) is 0.650. The van der Waals surface area contributed by atoms with Crippen LogP contribution < -0.4 is 4.90 Å². The number of hydrogen-bond donors (Lipinski definition) is 0.